The number of aryl methyl sites for hydroxylation is 2. The molecule has 1 aliphatic heterocycles. The maximum atomic E-state index is 12.6. The van der Waals surface area contributed by atoms with Crippen molar-refractivity contribution in [1.29, 1.82) is 0 Å². The molecule has 1 N–H and O–H groups in total. The SMILES string of the molecule is Cc1nc(C(F)(F)F)ccc1C(=O)NCc1nnc2n1CCC2. The first-order valence-corrected chi connectivity index (χ1v) is 7.10. The molecule has 122 valence electrons. The van der Waals surface area contributed by atoms with Crippen molar-refractivity contribution in [1.82, 2.24) is 25.1 Å². The van der Waals surface area contributed by atoms with Crippen LogP contribution in [0.25, 0.3) is 0 Å². The molecule has 0 atom stereocenters. The molecule has 6 nitrogen and oxygen atoms in total. The van der Waals surface area contributed by atoms with E-state index in [1.165, 1.54) is 6.92 Å². The van der Waals surface area contributed by atoms with E-state index in [1.54, 1.807) is 0 Å². The zero-order valence-corrected chi connectivity index (χ0v) is 12.3. The average molecular weight is 325 g/mol. The van der Waals surface area contributed by atoms with Crippen molar-refractivity contribution < 1.29 is 18.0 Å². The zero-order chi connectivity index (χ0) is 16.6. The third kappa shape index (κ3) is 3.03. The molecular formula is C14H14F3N5O. The number of hydrogen-bond acceptors (Lipinski definition) is 4. The van der Waals surface area contributed by atoms with Crippen LogP contribution in [0.5, 0.6) is 0 Å². The van der Waals surface area contributed by atoms with Crippen molar-refractivity contribution in [2.75, 3.05) is 0 Å². The van der Waals surface area contributed by atoms with Gasteiger partial charge in [-0.3, -0.25) is 4.79 Å². The van der Waals surface area contributed by atoms with Gasteiger partial charge < -0.3 is 9.88 Å². The lowest BCUT2D eigenvalue weighted by atomic mass is 10.1. The zero-order valence-electron chi connectivity index (χ0n) is 12.3. The Morgan fingerprint density at radius 3 is 2.83 bits per heavy atom. The van der Waals surface area contributed by atoms with Gasteiger partial charge in [0.2, 0.25) is 0 Å². The van der Waals surface area contributed by atoms with E-state index in [1.807, 2.05) is 4.57 Å². The molecule has 2 aromatic heterocycles. The Hall–Kier alpha value is -2.45. The summed E-state index contributed by atoms with van der Waals surface area (Å²) in [6, 6.07) is 1.94. The number of rotatable bonds is 3. The van der Waals surface area contributed by atoms with E-state index in [4.69, 9.17) is 0 Å². The first-order chi connectivity index (χ1) is 10.9. The lowest BCUT2D eigenvalue weighted by Crippen LogP contribution is -2.26. The number of amides is 1. The molecule has 0 spiro atoms. The number of nitrogens with one attached hydrogen (secondary N) is 1. The van der Waals surface area contributed by atoms with Crippen molar-refractivity contribution in [3.05, 3.63) is 40.7 Å². The van der Waals surface area contributed by atoms with Gasteiger partial charge in [0.25, 0.3) is 5.91 Å². The fraction of sp³-hybridized carbons (Fsp3) is 0.429. The van der Waals surface area contributed by atoms with Crippen LogP contribution in [0.1, 0.15) is 39.8 Å². The summed E-state index contributed by atoms with van der Waals surface area (Å²) in [5, 5.41) is 10.7. The van der Waals surface area contributed by atoms with Crippen molar-refractivity contribution >= 4 is 5.91 Å². The lowest BCUT2D eigenvalue weighted by molar-refractivity contribution is -0.141. The summed E-state index contributed by atoms with van der Waals surface area (Å²) in [4.78, 5) is 15.6. The molecule has 2 aromatic rings. The Balaban J connectivity index is 1.71. The highest BCUT2D eigenvalue weighted by Gasteiger charge is 2.33. The Bertz CT molecular complexity index is 753. The predicted molar refractivity (Wildman–Crippen MR) is 73.5 cm³/mol. The second-order valence-corrected chi connectivity index (χ2v) is 5.30. The molecule has 1 amide bonds. The molecule has 1 aliphatic rings. The highest BCUT2D eigenvalue weighted by atomic mass is 19.4. The third-order valence-corrected chi connectivity index (χ3v) is 3.71. The van der Waals surface area contributed by atoms with Crippen LogP contribution < -0.4 is 5.32 Å². The number of pyridine rings is 1. The largest absolute Gasteiger partial charge is 0.433 e. The molecule has 23 heavy (non-hydrogen) atoms. The molecule has 0 unspecified atom stereocenters. The number of carbonyl (C=O) groups is 1. The first-order valence-electron chi connectivity index (χ1n) is 7.10. The molecule has 0 aromatic carbocycles. The lowest BCUT2D eigenvalue weighted by Gasteiger charge is -2.10. The van der Waals surface area contributed by atoms with Crippen LogP contribution in [0.2, 0.25) is 0 Å². The Morgan fingerprint density at radius 1 is 1.35 bits per heavy atom. The Morgan fingerprint density at radius 2 is 2.13 bits per heavy atom. The van der Waals surface area contributed by atoms with E-state index in [2.05, 4.69) is 20.5 Å². The van der Waals surface area contributed by atoms with Crippen molar-refractivity contribution in [2.24, 2.45) is 0 Å². The summed E-state index contributed by atoms with van der Waals surface area (Å²) in [6.07, 6.45) is -2.67. The van der Waals surface area contributed by atoms with Crippen LogP contribution in [0, 0.1) is 6.92 Å². The van der Waals surface area contributed by atoms with Crippen molar-refractivity contribution in [3.8, 4) is 0 Å². The van der Waals surface area contributed by atoms with Crippen molar-refractivity contribution in [3.63, 3.8) is 0 Å². The van der Waals surface area contributed by atoms with Crippen LogP contribution in [0.15, 0.2) is 12.1 Å². The second-order valence-electron chi connectivity index (χ2n) is 5.30. The summed E-state index contributed by atoms with van der Waals surface area (Å²) in [5.74, 6) is 1.05. The Labute approximate surface area is 129 Å². The van der Waals surface area contributed by atoms with Gasteiger partial charge in [0.15, 0.2) is 5.82 Å². The standard InChI is InChI=1S/C14H14F3N5O/c1-8-9(4-5-10(19-8)14(15,16)17)13(23)18-7-12-21-20-11-3-2-6-22(11)12/h4-5H,2-3,6-7H2,1H3,(H,18,23). The molecule has 3 rings (SSSR count). The van der Waals surface area contributed by atoms with E-state index in [0.29, 0.717) is 5.82 Å². The highest BCUT2D eigenvalue weighted by molar-refractivity contribution is 5.95. The number of aromatic nitrogens is 4. The smallest absolute Gasteiger partial charge is 0.345 e. The van der Waals surface area contributed by atoms with Crippen LogP contribution in [0.4, 0.5) is 13.2 Å². The number of hydrogen-bond donors (Lipinski definition) is 1. The van der Waals surface area contributed by atoms with E-state index >= 15 is 0 Å². The molecular weight excluding hydrogens is 311 g/mol. The van der Waals surface area contributed by atoms with Gasteiger partial charge in [-0.25, -0.2) is 4.98 Å². The second kappa shape index (κ2) is 5.64. The maximum absolute atomic E-state index is 12.6. The van der Waals surface area contributed by atoms with Gasteiger partial charge in [0.05, 0.1) is 17.8 Å². The molecule has 0 radical (unpaired) electrons. The monoisotopic (exact) mass is 325 g/mol. The van der Waals surface area contributed by atoms with Gasteiger partial charge in [-0.05, 0) is 25.5 Å². The average Bonchev–Trinajstić information content (AvgIpc) is 3.07. The van der Waals surface area contributed by atoms with E-state index < -0.39 is 17.8 Å². The van der Waals surface area contributed by atoms with E-state index in [-0.39, 0.29) is 17.8 Å². The normalized spacial score (nSPS) is 13.9. The molecule has 0 fully saturated rings. The summed E-state index contributed by atoms with van der Waals surface area (Å²) < 4.78 is 39.7. The minimum absolute atomic E-state index is 0.0313. The van der Waals surface area contributed by atoms with E-state index in [0.717, 1.165) is 37.3 Å². The maximum Gasteiger partial charge on any atom is 0.433 e. The molecule has 0 saturated heterocycles. The minimum Gasteiger partial charge on any atom is -0.345 e. The predicted octanol–water partition coefficient (Wildman–Crippen LogP) is 1.88. The van der Waals surface area contributed by atoms with Gasteiger partial charge >= 0.3 is 6.18 Å². The molecule has 9 heteroatoms. The number of halogens is 3. The van der Waals surface area contributed by atoms with Gasteiger partial charge in [0.1, 0.15) is 11.5 Å². The quantitative estimate of drug-likeness (QED) is 0.935. The summed E-state index contributed by atoms with van der Waals surface area (Å²) in [6.45, 7) is 2.36. The summed E-state index contributed by atoms with van der Waals surface area (Å²) >= 11 is 0. The molecule has 3 heterocycles. The number of alkyl halides is 3. The van der Waals surface area contributed by atoms with Gasteiger partial charge in [-0.1, -0.05) is 0 Å². The number of nitrogens with zero attached hydrogens (tertiary/aromatic N) is 4. The third-order valence-electron chi connectivity index (χ3n) is 3.71. The minimum atomic E-state index is -4.53. The fourth-order valence-electron chi connectivity index (χ4n) is 2.55. The Kier molecular flexibility index (Phi) is 3.78. The number of fused-ring (bicyclic) bond motifs is 1. The molecule has 0 saturated carbocycles. The van der Waals surface area contributed by atoms with Gasteiger partial charge in [-0.2, -0.15) is 13.2 Å². The van der Waals surface area contributed by atoms with Crippen LogP contribution >= 0.6 is 0 Å². The van der Waals surface area contributed by atoms with Crippen molar-refractivity contribution in [2.45, 2.75) is 39.0 Å². The topological polar surface area (TPSA) is 72.7 Å². The van der Waals surface area contributed by atoms with E-state index in [9.17, 15) is 18.0 Å². The highest BCUT2D eigenvalue weighted by Crippen LogP contribution is 2.28. The summed E-state index contributed by atoms with van der Waals surface area (Å²) in [7, 11) is 0. The van der Waals surface area contributed by atoms with Crippen LogP contribution in [-0.2, 0) is 25.7 Å². The van der Waals surface area contributed by atoms with Gasteiger partial charge in [-0.15, -0.1) is 10.2 Å². The van der Waals surface area contributed by atoms with Crippen LogP contribution in [-0.4, -0.2) is 25.7 Å². The summed E-state index contributed by atoms with van der Waals surface area (Å²) in [5.41, 5.74) is -0.871. The molecule has 0 bridgehead atoms. The van der Waals surface area contributed by atoms with Crippen LogP contribution in [0.3, 0.4) is 0 Å². The van der Waals surface area contributed by atoms with Gasteiger partial charge in [0, 0.05) is 13.0 Å². The fourth-order valence-corrected chi connectivity index (χ4v) is 2.55. The first kappa shape index (κ1) is 15.4. The number of carbonyl (C=O) groups excluding carboxylic acids is 1. The molecule has 0 aliphatic carbocycles.